The maximum Gasteiger partial charge on any atom is 0.0220 e. The molecule has 2 fully saturated rings. The van der Waals surface area contributed by atoms with Crippen LogP contribution in [0.1, 0.15) is 39.0 Å². The molecule has 0 bridgehead atoms. The molecule has 0 amide bonds. The Morgan fingerprint density at radius 2 is 2.23 bits per heavy atom. The Morgan fingerprint density at radius 3 is 3.08 bits per heavy atom. The largest absolute Gasteiger partial charge is 0.315 e. The molecule has 1 N–H and O–H groups in total. The zero-order chi connectivity index (χ0) is 9.10. The van der Waals surface area contributed by atoms with Gasteiger partial charge in [0.05, 0.1) is 0 Å². The SMILES string of the molecule is CCC1CNCCC2CCCCN21. The molecule has 13 heavy (non-hydrogen) atoms. The van der Waals surface area contributed by atoms with E-state index in [1.54, 1.807) is 0 Å². The minimum absolute atomic E-state index is 0.813. The molecule has 0 aromatic heterocycles. The lowest BCUT2D eigenvalue weighted by molar-refractivity contribution is 0.102. The molecular formula is C11H22N2. The highest BCUT2D eigenvalue weighted by Gasteiger charge is 2.29. The molecule has 2 saturated heterocycles. The molecule has 2 unspecified atom stereocenters. The second kappa shape index (κ2) is 4.43. The molecule has 2 heterocycles. The molecule has 2 aliphatic rings. The van der Waals surface area contributed by atoms with Gasteiger partial charge in [-0.05, 0) is 38.8 Å². The summed E-state index contributed by atoms with van der Waals surface area (Å²) in [7, 11) is 0. The van der Waals surface area contributed by atoms with E-state index < -0.39 is 0 Å². The normalized spacial score (nSPS) is 36.7. The number of piperidine rings is 1. The topological polar surface area (TPSA) is 15.3 Å². The Labute approximate surface area is 81.7 Å². The van der Waals surface area contributed by atoms with E-state index in [1.165, 1.54) is 51.7 Å². The van der Waals surface area contributed by atoms with Gasteiger partial charge in [-0.15, -0.1) is 0 Å². The van der Waals surface area contributed by atoms with Gasteiger partial charge in [0.15, 0.2) is 0 Å². The summed E-state index contributed by atoms with van der Waals surface area (Å²) in [4.78, 5) is 2.77. The Hall–Kier alpha value is -0.0800. The zero-order valence-corrected chi connectivity index (χ0v) is 8.76. The summed E-state index contributed by atoms with van der Waals surface area (Å²) in [5.41, 5.74) is 0. The number of fused-ring (bicyclic) bond motifs is 1. The number of hydrogen-bond acceptors (Lipinski definition) is 2. The van der Waals surface area contributed by atoms with Crippen LogP contribution >= 0.6 is 0 Å². The van der Waals surface area contributed by atoms with Gasteiger partial charge in [0.25, 0.3) is 0 Å². The van der Waals surface area contributed by atoms with Gasteiger partial charge in [0, 0.05) is 18.6 Å². The van der Waals surface area contributed by atoms with Crippen LogP contribution in [0.25, 0.3) is 0 Å². The lowest BCUT2D eigenvalue weighted by atomic mass is 9.97. The highest BCUT2D eigenvalue weighted by Crippen LogP contribution is 2.24. The third kappa shape index (κ3) is 2.05. The summed E-state index contributed by atoms with van der Waals surface area (Å²) in [5.74, 6) is 0. The summed E-state index contributed by atoms with van der Waals surface area (Å²) < 4.78 is 0. The van der Waals surface area contributed by atoms with Crippen molar-refractivity contribution in [3.63, 3.8) is 0 Å². The number of nitrogens with one attached hydrogen (secondary N) is 1. The summed E-state index contributed by atoms with van der Waals surface area (Å²) in [6.45, 7) is 6.12. The molecule has 0 spiro atoms. The van der Waals surface area contributed by atoms with Gasteiger partial charge in [-0.1, -0.05) is 13.3 Å². The minimum Gasteiger partial charge on any atom is -0.315 e. The first kappa shape index (κ1) is 9.47. The van der Waals surface area contributed by atoms with Crippen molar-refractivity contribution in [1.82, 2.24) is 10.2 Å². The van der Waals surface area contributed by atoms with Crippen LogP contribution in [0, 0.1) is 0 Å². The van der Waals surface area contributed by atoms with Crippen LogP contribution in [0.4, 0.5) is 0 Å². The van der Waals surface area contributed by atoms with Gasteiger partial charge in [0.2, 0.25) is 0 Å². The number of hydrogen-bond donors (Lipinski definition) is 1. The fourth-order valence-electron chi connectivity index (χ4n) is 2.85. The molecular weight excluding hydrogens is 160 g/mol. The third-order valence-corrected chi connectivity index (χ3v) is 3.65. The first-order chi connectivity index (χ1) is 6.42. The Bertz CT molecular complexity index is 150. The predicted octanol–water partition coefficient (Wildman–Crippen LogP) is 1.61. The zero-order valence-electron chi connectivity index (χ0n) is 8.76. The standard InChI is InChI=1S/C11H22N2/c1-2-10-9-12-7-6-11-5-3-4-8-13(10)11/h10-12H,2-9H2,1H3. The van der Waals surface area contributed by atoms with E-state index >= 15 is 0 Å². The van der Waals surface area contributed by atoms with Crippen molar-refractivity contribution < 1.29 is 0 Å². The smallest absolute Gasteiger partial charge is 0.0220 e. The van der Waals surface area contributed by atoms with Crippen LogP contribution in [0.5, 0.6) is 0 Å². The molecule has 0 radical (unpaired) electrons. The van der Waals surface area contributed by atoms with Crippen molar-refractivity contribution in [3.05, 3.63) is 0 Å². The molecule has 2 heteroatoms. The molecule has 2 atom stereocenters. The average Bonchev–Trinajstić information content (AvgIpc) is 2.39. The second-order valence-corrected chi connectivity index (χ2v) is 4.44. The van der Waals surface area contributed by atoms with E-state index in [9.17, 15) is 0 Å². The van der Waals surface area contributed by atoms with E-state index in [0.29, 0.717) is 0 Å². The molecule has 2 rings (SSSR count). The van der Waals surface area contributed by atoms with Crippen molar-refractivity contribution in [2.75, 3.05) is 19.6 Å². The van der Waals surface area contributed by atoms with Crippen LogP contribution in [-0.2, 0) is 0 Å². The monoisotopic (exact) mass is 182 g/mol. The van der Waals surface area contributed by atoms with Crippen molar-refractivity contribution in [2.24, 2.45) is 0 Å². The minimum atomic E-state index is 0.813. The number of nitrogens with zero attached hydrogens (tertiary/aromatic N) is 1. The highest BCUT2D eigenvalue weighted by atomic mass is 15.2. The quantitative estimate of drug-likeness (QED) is 0.663. The van der Waals surface area contributed by atoms with Gasteiger partial charge in [0.1, 0.15) is 0 Å². The molecule has 76 valence electrons. The molecule has 2 nitrogen and oxygen atoms in total. The van der Waals surface area contributed by atoms with Crippen molar-refractivity contribution in [3.8, 4) is 0 Å². The Kier molecular flexibility index (Phi) is 3.23. The maximum atomic E-state index is 3.56. The maximum absolute atomic E-state index is 3.56. The fraction of sp³-hybridized carbons (Fsp3) is 1.00. The lowest BCUT2D eigenvalue weighted by Gasteiger charge is -2.39. The second-order valence-electron chi connectivity index (χ2n) is 4.44. The van der Waals surface area contributed by atoms with Gasteiger partial charge in [-0.25, -0.2) is 0 Å². The first-order valence-corrected chi connectivity index (χ1v) is 5.88. The first-order valence-electron chi connectivity index (χ1n) is 5.88. The van der Waals surface area contributed by atoms with E-state index in [2.05, 4.69) is 17.1 Å². The lowest BCUT2D eigenvalue weighted by Crippen LogP contribution is -2.46. The predicted molar refractivity (Wildman–Crippen MR) is 55.9 cm³/mol. The summed E-state index contributed by atoms with van der Waals surface area (Å²) in [6, 6.07) is 1.71. The molecule has 0 aromatic rings. The van der Waals surface area contributed by atoms with E-state index in [0.717, 1.165) is 12.1 Å². The van der Waals surface area contributed by atoms with Gasteiger partial charge < -0.3 is 5.32 Å². The van der Waals surface area contributed by atoms with Gasteiger partial charge >= 0.3 is 0 Å². The Morgan fingerprint density at radius 1 is 1.31 bits per heavy atom. The third-order valence-electron chi connectivity index (χ3n) is 3.65. The van der Waals surface area contributed by atoms with E-state index in [-0.39, 0.29) is 0 Å². The van der Waals surface area contributed by atoms with E-state index in [4.69, 9.17) is 0 Å². The van der Waals surface area contributed by atoms with Crippen LogP contribution in [0.3, 0.4) is 0 Å². The molecule has 2 aliphatic heterocycles. The average molecular weight is 182 g/mol. The molecule has 0 aromatic carbocycles. The molecule has 0 saturated carbocycles. The molecule has 0 aliphatic carbocycles. The summed E-state index contributed by atoms with van der Waals surface area (Å²) in [5, 5.41) is 3.56. The number of rotatable bonds is 1. The summed E-state index contributed by atoms with van der Waals surface area (Å²) >= 11 is 0. The van der Waals surface area contributed by atoms with Gasteiger partial charge in [-0.3, -0.25) is 4.90 Å². The van der Waals surface area contributed by atoms with Crippen molar-refractivity contribution in [1.29, 1.82) is 0 Å². The van der Waals surface area contributed by atoms with Crippen LogP contribution in [0.15, 0.2) is 0 Å². The summed E-state index contributed by atoms with van der Waals surface area (Å²) in [6.07, 6.45) is 7.00. The Balaban J connectivity index is 2.02. The highest BCUT2D eigenvalue weighted by molar-refractivity contribution is 4.86. The van der Waals surface area contributed by atoms with Crippen molar-refractivity contribution in [2.45, 2.75) is 51.1 Å². The van der Waals surface area contributed by atoms with E-state index in [1.807, 2.05) is 0 Å². The fourth-order valence-corrected chi connectivity index (χ4v) is 2.85. The van der Waals surface area contributed by atoms with Gasteiger partial charge in [-0.2, -0.15) is 0 Å². The van der Waals surface area contributed by atoms with Crippen LogP contribution in [-0.4, -0.2) is 36.6 Å². The van der Waals surface area contributed by atoms with Crippen LogP contribution < -0.4 is 5.32 Å². The van der Waals surface area contributed by atoms with Crippen molar-refractivity contribution >= 4 is 0 Å². The van der Waals surface area contributed by atoms with Crippen LogP contribution in [0.2, 0.25) is 0 Å².